The Morgan fingerprint density at radius 1 is 1.16 bits per heavy atom. The molecule has 2 aromatic rings. The molecule has 102 valence electrons. The summed E-state index contributed by atoms with van der Waals surface area (Å²) in [5.41, 5.74) is 6.21. The first-order chi connectivity index (χ1) is 8.71. The van der Waals surface area contributed by atoms with Crippen molar-refractivity contribution in [3.05, 3.63) is 39.5 Å². The number of benzene rings is 1. The molecule has 1 heterocycles. The first kappa shape index (κ1) is 14.3. The van der Waals surface area contributed by atoms with Gasteiger partial charge < -0.3 is 0 Å². The van der Waals surface area contributed by atoms with Crippen LogP contribution in [0.3, 0.4) is 0 Å². The predicted octanol–water partition coefficient (Wildman–Crippen LogP) is 4.76. The van der Waals surface area contributed by atoms with Gasteiger partial charge in [-0.05, 0) is 52.4 Å². The Bertz CT molecular complexity index is 618. The lowest BCUT2D eigenvalue weighted by atomic mass is 9.85. The lowest BCUT2D eigenvalue weighted by Crippen LogP contribution is -2.11. The van der Waals surface area contributed by atoms with Crippen LogP contribution < -0.4 is 0 Å². The largest absolute Gasteiger partial charge is 0.266 e. The number of hydrogen-bond donors (Lipinski definition) is 0. The monoisotopic (exact) mass is 320 g/mol. The molecule has 0 radical (unpaired) electrons. The van der Waals surface area contributed by atoms with Gasteiger partial charge in [-0.1, -0.05) is 32.9 Å². The van der Waals surface area contributed by atoms with Crippen LogP contribution in [0, 0.1) is 13.8 Å². The third-order valence-electron chi connectivity index (χ3n) is 3.51. The average Bonchev–Trinajstić information content (AvgIpc) is 2.53. The van der Waals surface area contributed by atoms with Gasteiger partial charge in [-0.25, -0.2) is 0 Å². The van der Waals surface area contributed by atoms with Crippen molar-refractivity contribution in [1.82, 2.24) is 9.78 Å². The van der Waals surface area contributed by atoms with Gasteiger partial charge in [-0.2, -0.15) is 5.10 Å². The van der Waals surface area contributed by atoms with Gasteiger partial charge in [0, 0.05) is 12.6 Å². The molecule has 1 aromatic carbocycles. The topological polar surface area (TPSA) is 17.8 Å². The maximum atomic E-state index is 4.49. The van der Waals surface area contributed by atoms with E-state index >= 15 is 0 Å². The molecule has 0 atom stereocenters. The fraction of sp³-hybridized carbons (Fsp3) is 0.438. The van der Waals surface area contributed by atoms with E-state index in [4.69, 9.17) is 0 Å². The summed E-state index contributed by atoms with van der Waals surface area (Å²) in [5, 5.41) is 4.49. The number of aromatic nitrogens is 2. The predicted molar refractivity (Wildman–Crippen MR) is 84.5 cm³/mol. The third kappa shape index (κ3) is 2.62. The molecule has 0 aliphatic carbocycles. The summed E-state index contributed by atoms with van der Waals surface area (Å²) in [4.78, 5) is 0. The second-order valence-electron chi connectivity index (χ2n) is 6.15. The summed E-state index contributed by atoms with van der Waals surface area (Å²) in [6, 6.07) is 6.71. The summed E-state index contributed by atoms with van der Waals surface area (Å²) in [6.07, 6.45) is 0. The molecule has 1 aromatic heterocycles. The van der Waals surface area contributed by atoms with Crippen LogP contribution in [-0.2, 0) is 12.5 Å². The minimum Gasteiger partial charge on any atom is -0.266 e. The van der Waals surface area contributed by atoms with Crippen LogP contribution in [0.4, 0.5) is 0 Å². The van der Waals surface area contributed by atoms with Gasteiger partial charge in [0.1, 0.15) is 0 Å². The van der Waals surface area contributed by atoms with Gasteiger partial charge in [0.2, 0.25) is 0 Å². The van der Waals surface area contributed by atoms with Crippen LogP contribution in [0.1, 0.15) is 37.6 Å². The van der Waals surface area contributed by atoms with Gasteiger partial charge in [-0.3, -0.25) is 4.68 Å². The Labute approximate surface area is 124 Å². The molecule has 0 unspecified atom stereocenters. The van der Waals surface area contributed by atoms with Gasteiger partial charge in [-0.15, -0.1) is 0 Å². The highest BCUT2D eigenvalue weighted by Gasteiger charge is 2.19. The van der Waals surface area contributed by atoms with Crippen molar-refractivity contribution in [3.63, 3.8) is 0 Å². The molecule has 0 aliphatic heterocycles. The first-order valence-corrected chi connectivity index (χ1v) is 7.31. The minimum absolute atomic E-state index is 0.155. The maximum absolute atomic E-state index is 4.49. The van der Waals surface area contributed by atoms with E-state index in [0.29, 0.717) is 0 Å². The van der Waals surface area contributed by atoms with E-state index in [-0.39, 0.29) is 5.41 Å². The molecule has 0 bridgehead atoms. The molecule has 0 saturated carbocycles. The number of hydrogen-bond acceptors (Lipinski definition) is 1. The number of halogens is 1. The van der Waals surface area contributed by atoms with E-state index in [1.807, 2.05) is 18.7 Å². The van der Waals surface area contributed by atoms with E-state index in [9.17, 15) is 0 Å². The summed E-state index contributed by atoms with van der Waals surface area (Å²) >= 11 is 3.66. The molecule has 0 saturated heterocycles. The highest BCUT2D eigenvalue weighted by atomic mass is 79.9. The van der Waals surface area contributed by atoms with Crippen molar-refractivity contribution in [2.45, 2.75) is 40.0 Å². The van der Waals surface area contributed by atoms with Crippen LogP contribution in [0.25, 0.3) is 11.3 Å². The lowest BCUT2D eigenvalue weighted by molar-refractivity contribution is 0.590. The van der Waals surface area contributed by atoms with Gasteiger partial charge in [0.25, 0.3) is 0 Å². The van der Waals surface area contributed by atoms with E-state index in [1.165, 1.54) is 16.7 Å². The van der Waals surface area contributed by atoms with Crippen LogP contribution >= 0.6 is 15.9 Å². The average molecular weight is 321 g/mol. The van der Waals surface area contributed by atoms with E-state index in [0.717, 1.165) is 15.9 Å². The molecule has 0 fully saturated rings. The Morgan fingerprint density at radius 3 is 2.26 bits per heavy atom. The second kappa shape index (κ2) is 4.78. The van der Waals surface area contributed by atoms with Crippen LogP contribution in [0.5, 0.6) is 0 Å². The van der Waals surface area contributed by atoms with Crippen LogP contribution in [-0.4, -0.2) is 9.78 Å². The van der Waals surface area contributed by atoms with Crippen molar-refractivity contribution in [2.24, 2.45) is 7.05 Å². The quantitative estimate of drug-likeness (QED) is 0.740. The van der Waals surface area contributed by atoms with Crippen LogP contribution in [0.2, 0.25) is 0 Å². The Kier molecular flexibility index (Phi) is 3.61. The Morgan fingerprint density at radius 2 is 1.79 bits per heavy atom. The van der Waals surface area contributed by atoms with E-state index in [1.54, 1.807) is 0 Å². The zero-order valence-corrected chi connectivity index (χ0v) is 14.1. The van der Waals surface area contributed by atoms with E-state index < -0.39 is 0 Å². The molecular formula is C16H21BrN2. The molecule has 3 heteroatoms. The van der Waals surface area contributed by atoms with E-state index in [2.05, 4.69) is 66.9 Å². The summed E-state index contributed by atoms with van der Waals surface area (Å²) in [7, 11) is 2.00. The van der Waals surface area contributed by atoms with Crippen molar-refractivity contribution >= 4 is 15.9 Å². The zero-order chi connectivity index (χ0) is 14.4. The van der Waals surface area contributed by atoms with Crippen molar-refractivity contribution in [3.8, 4) is 11.3 Å². The Balaban J connectivity index is 2.68. The fourth-order valence-corrected chi connectivity index (χ4v) is 2.82. The zero-order valence-electron chi connectivity index (χ0n) is 12.5. The normalized spacial score (nSPS) is 11.9. The standard InChI is InChI=1S/C16H21BrN2/c1-10-7-8-12(16(3,4)5)9-13(10)15-14(17)11(2)18-19(15)6/h7-9H,1-6H3. The molecule has 19 heavy (non-hydrogen) atoms. The Hall–Kier alpha value is -1.09. The SMILES string of the molecule is Cc1ccc(C(C)(C)C)cc1-c1c(Br)c(C)nn1C. The molecule has 0 aliphatic rings. The maximum Gasteiger partial charge on any atom is 0.0826 e. The number of nitrogens with zero attached hydrogens (tertiary/aromatic N) is 2. The number of rotatable bonds is 1. The smallest absolute Gasteiger partial charge is 0.0826 e. The minimum atomic E-state index is 0.155. The first-order valence-electron chi connectivity index (χ1n) is 6.52. The van der Waals surface area contributed by atoms with Crippen molar-refractivity contribution in [1.29, 1.82) is 0 Å². The van der Waals surface area contributed by atoms with Gasteiger partial charge in [0.05, 0.1) is 15.9 Å². The summed E-state index contributed by atoms with van der Waals surface area (Å²) < 4.78 is 3.04. The summed E-state index contributed by atoms with van der Waals surface area (Å²) in [5.74, 6) is 0. The van der Waals surface area contributed by atoms with Crippen LogP contribution in [0.15, 0.2) is 22.7 Å². The van der Waals surface area contributed by atoms with Gasteiger partial charge >= 0.3 is 0 Å². The third-order valence-corrected chi connectivity index (χ3v) is 4.46. The molecular weight excluding hydrogens is 300 g/mol. The molecule has 2 rings (SSSR count). The molecule has 0 N–H and O–H groups in total. The highest BCUT2D eigenvalue weighted by molar-refractivity contribution is 9.10. The summed E-state index contributed by atoms with van der Waals surface area (Å²) in [6.45, 7) is 10.9. The highest BCUT2D eigenvalue weighted by Crippen LogP contribution is 2.35. The van der Waals surface area contributed by atoms with Crippen molar-refractivity contribution < 1.29 is 0 Å². The second-order valence-corrected chi connectivity index (χ2v) is 6.94. The number of aryl methyl sites for hydroxylation is 3. The molecule has 2 nitrogen and oxygen atoms in total. The molecule has 0 spiro atoms. The van der Waals surface area contributed by atoms with Crippen molar-refractivity contribution in [2.75, 3.05) is 0 Å². The van der Waals surface area contributed by atoms with Gasteiger partial charge in [0.15, 0.2) is 0 Å². The molecule has 0 amide bonds. The lowest BCUT2D eigenvalue weighted by Gasteiger charge is -2.21. The fourth-order valence-electron chi connectivity index (χ4n) is 2.27.